The number of rotatable bonds is 2. The molecule has 0 fully saturated rings. The molecule has 0 bridgehead atoms. The quantitative estimate of drug-likeness (QED) is 0.804. The number of aromatic amines is 1. The number of carbonyl (C=O) groups is 1. The van der Waals surface area contributed by atoms with Crippen LogP contribution in [0, 0.1) is 0 Å². The van der Waals surface area contributed by atoms with E-state index in [9.17, 15) is 4.79 Å². The molecule has 0 saturated heterocycles. The molecule has 0 spiro atoms. The summed E-state index contributed by atoms with van der Waals surface area (Å²) in [6, 6.07) is 5.78. The van der Waals surface area contributed by atoms with Crippen LogP contribution < -0.4 is 0 Å². The van der Waals surface area contributed by atoms with Gasteiger partial charge in [-0.05, 0) is 43.9 Å². The van der Waals surface area contributed by atoms with Crippen LogP contribution in [-0.2, 0) is 17.6 Å². The first kappa shape index (κ1) is 10.4. The fraction of sp³-hybridized carbons (Fsp3) is 0.357. The number of ether oxygens (including phenoxy) is 1. The number of fused-ring (bicyclic) bond motifs is 3. The van der Waals surface area contributed by atoms with Gasteiger partial charge in [-0.25, -0.2) is 4.79 Å². The highest BCUT2D eigenvalue weighted by Crippen LogP contribution is 2.30. The molecule has 17 heavy (non-hydrogen) atoms. The van der Waals surface area contributed by atoms with Crippen LogP contribution in [0.3, 0.4) is 0 Å². The summed E-state index contributed by atoms with van der Waals surface area (Å²) in [4.78, 5) is 15.0. The number of esters is 1. The van der Waals surface area contributed by atoms with Crippen LogP contribution in [0.15, 0.2) is 18.2 Å². The number of benzene rings is 1. The van der Waals surface area contributed by atoms with Crippen LogP contribution in [0.4, 0.5) is 0 Å². The third-order valence-electron chi connectivity index (χ3n) is 3.36. The first-order chi connectivity index (χ1) is 8.29. The van der Waals surface area contributed by atoms with Crippen LogP contribution in [-0.4, -0.2) is 17.6 Å². The fourth-order valence-electron chi connectivity index (χ4n) is 2.59. The van der Waals surface area contributed by atoms with E-state index < -0.39 is 0 Å². The van der Waals surface area contributed by atoms with Gasteiger partial charge in [0.15, 0.2) is 0 Å². The van der Waals surface area contributed by atoms with Crippen molar-refractivity contribution in [2.75, 3.05) is 6.61 Å². The zero-order chi connectivity index (χ0) is 11.8. The number of aryl methyl sites for hydroxylation is 2. The molecule has 2 aromatic rings. The van der Waals surface area contributed by atoms with E-state index in [0.717, 1.165) is 18.4 Å². The first-order valence-electron chi connectivity index (χ1n) is 6.10. The largest absolute Gasteiger partial charge is 0.462 e. The molecule has 1 aromatic carbocycles. The highest BCUT2D eigenvalue weighted by atomic mass is 16.5. The molecule has 0 amide bonds. The maximum absolute atomic E-state index is 11.6. The zero-order valence-corrected chi connectivity index (χ0v) is 9.88. The van der Waals surface area contributed by atoms with Crippen LogP contribution in [0.2, 0.25) is 0 Å². The van der Waals surface area contributed by atoms with E-state index in [0.29, 0.717) is 12.2 Å². The Morgan fingerprint density at radius 2 is 2.29 bits per heavy atom. The SMILES string of the molecule is CCOC(=O)c1ccc2c3c([nH]c2c1)CCC3. The summed E-state index contributed by atoms with van der Waals surface area (Å²) < 4.78 is 5.00. The lowest BCUT2D eigenvalue weighted by atomic mass is 10.1. The number of nitrogens with one attached hydrogen (secondary N) is 1. The Kier molecular flexibility index (Phi) is 2.39. The monoisotopic (exact) mass is 229 g/mol. The molecule has 0 saturated carbocycles. The molecule has 1 aromatic heterocycles. The van der Waals surface area contributed by atoms with Crippen molar-refractivity contribution in [3.63, 3.8) is 0 Å². The van der Waals surface area contributed by atoms with Crippen LogP contribution in [0.5, 0.6) is 0 Å². The molecule has 1 aliphatic carbocycles. The lowest BCUT2D eigenvalue weighted by molar-refractivity contribution is 0.0526. The Bertz CT molecular complexity index is 583. The molecule has 3 heteroatoms. The second-order valence-electron chi connectivity index (χ2n) is 4.42. The maximum Gasteiger partial charge on any atom is 0.338 e. The summed E-state index contributed by atoms with van der Waals surface area (Å²) in [6.45, 7) is 2.23. The van der Waals surface area contributed by atoms with E-state index in [1.165, 1.54) is 23.1 Å². The highest BCUT2D eigenvalue weighted by molar-refractivity contribution is 5.95. The smallest absolute Gasteiger partial charge is 0.338 e. The molecule has 0 aliphatic heterocycles. The van der Waals surface area contributed by atoms with Gasteiger partial charge in [-0.2, -0.15) is 0 Å². The van der Waals surface area contributed by atoms with E-state index >= 15 is 0 Å². The lowest BCUT2D eigenvalue weighted by Crippen LogP contribution is -2.04. The Hall–Kier alpha value is -1.77. The molecule has 1 N–H and O–H groups in total. The van der Waals surface area contributed by atoms with E-state index in [-0.39, 0.29) is 5.97 Å². The second-order valence-corrected chi connectivity index (χ2v) is 4.42. The normalized spacial score (nSPS) is 13.9. The lowest BCUT2D eigenvalue weighted by Gasteiger charge is -2.02. The van der Waals surface area contributed by atoms with E-state index in [2.05, 4.69) is 4.98 Å². The third kappa shape index (κ3) is 1.62. The summed E-state index contributed by atoms with van der Waals surface area (Å²) >= 11 is 0. The van der Waals surface area contributed by atoms with Crippen LogP contribution in [0.1, 0.15) is 35.0 Å². The Morgan fingerprint density at radius 1 is 1.41 bits per heavy atom. The highest BCUT2D eigenvalue weighted by Gasteiger charge is 2.17. The molecule has 0 radical (unpaired) electrons. The van der Waals surface area contributed by atoms with Gasteiger partial charge in [0, 0.05) is 16.6 Å². The summed E-state index contributed by atoms with van der Waals surface area (Å²) in [5.41, 5.74) is 4.44. The van der Waals surface area contributed by atoms with Crippen LogP contribution >= 0.6 is 0 Å². The minimum absolute atomic E-state index is 0.246. The summed E-state index contributed by atoms with van der Waals surface area (Å²) in [7, 11) is 0. The van der Waals surface area contributed by atoms with Gasteiger partial charge in [0.25, 0.3) is 0 Å². The predicted molar refractivity (Wildman–Crippen MR) is 66.3 cm³/mol. The van der Waals surface area contributed by atoms with E-state index in [1.54, 1.807) is 0 Å². The minimum Gasteiger partial charge on any atom is -0.462 e. The van der Waals surface area contributed by atoms with Crippen LogP contribution in [0.25, 0.3) is 10.9 Å². The molecule has 1 aliphatic rings. The van der Waals surface area contributed by atoms with Gasteiger partial charge in [0.2, 0.25) is 0 Å². The minimum atomic E-state index is -0.246. The molecule has 0 atom stereocenters. The van der Waals surface area contributed by atoms with Gasteiger partial charge in [0.1, 0.15) is 0 Å². The number of hydrogen-bond donors (Lipinski definition) is 1. The van der Waals surface area contributed by atoms with Crippen molar-refractivity contribution >= 4 is 16.9 Å². The standard InChI is InChI=1S/C14H15NO2/c1-2-17-14(16)9-6-7-11-10-4-3-5-12(10)15-13(11)8-9/h6-8,15H,2-5H2,1H3. The van der Waals surface area contributed by atoms with Gasteiger partial charge in [-0.3, -0.25) is 0 Å². The van der Waals surface area contributed by atoms with Gasteiger partial charge in [0.05, 0.1) is 12.2 Å². The summed E-state index contributed by atoms with van der Waals surface area (Å²) in [5.74, 6) is -0.246. The van der Waals surface area contributed by atoms with Crippen molar-refractivity contribution in [3.8, 4) is 0 Å². The molecule has 3 rings (SSSR count). The van der Waals surface area contributed by atoms with Gasteiger partial charge in [-0.1, -0.05) is 6.07 Å². The summed E-state index contributed by atoms with van der Waals surface area (Å²) in [6.07, 6.45) is 3.50. The van der Waals surface area contributed by atoms with Gasteiger partial charge < -0.3 is 9.72 Å². The Morgan fingerprint density at radius 3 is 3.12 bits per heavy atom. The topological polar surface area (TPSA) is 42.1 Å². The Balaban J connectivity index is 2.05. The number of hydrogen-bond acceptors (Lipinski definition) is 2. The van der Waals surface area contributed by atoms with Crippen molar-refractivity contribution in [1.29, 1.82) is 0 Å². The molecular formula is C14H15NO2. The average Bonchev–Trinajstić information content (AvgIpc) is 2.88. The fourth-order valence-corrected chi connectivity index (χ4v) is 2.59. The molecule has 1 heterocycles. The second kappa shape index (κ2) is 3.91. The summed E-state index contributed by atoms with van der Waals surface area (Å²) in [5, 5.41) is 1.26. The molecule has 0 unspecified atom stereocenters. The third-order valence-corrected chi connectivity index (χ3v) is 3.36. The van der Waals surface area contributed by atoms with Crippen molar-refractivity contribution in [2.45, 2.75) is 26.2 Å². The molecule has 3 nitrogen and oxygen atoms in total. The predicted octanol–water partition coefficient (Wildman–Crippen LogP) is 2.83. The number of aromatic nitrogens is 1. The first-order valence-corrected chi connectivity index (χ1v) is 6.10. The van der Waals surface area contributed by atoms with Crippen molar-refractivity contribution in [3.05, 3.63) is 35.0 Å². The zero-order valence-electron chi connectivity index (χ0n) is 9.88. The van der Waals surface area contributed by atoms with Gasteiger partial charge in [-0.15, -0.1) is 0 Å². The Labute approximate surface area is 99.8 Å². The van der Waals surface area contributed by atoms with Crippen molar-refractivity contribution in [1.82, 2.24) is 4.98 Å². The number of H-pyrrole nitrogens is 1. The maximum atomic E-state index is 11.6. The molecular weight excluding hydrogens is 214 g/mol. The number of carbonyl (C=O) groups excluding carboxylic acids is 1. The van der Waals surface area contributed by atoms with E-state index in [1.807, 2.05) is 25.1 Å². The average molecular weight is 229 g/mol. The van der Waals surface area contributed by atoms with Crippen molar-refractivity contribution in [2.24, 2.45) is 0 Å². The van der Waals surface area contributed by atoms with Crippen molar-refractivity contribution < 1.29 is 9.53 Å². The van der Waals surface area contributed by atoms with Gasteiger partial charge >= 0.3 is 5.97 Å². The van der Waals surface area contributed by atoms with E-state index in [4.69, 9.17) is 4.74 Å². The molecule has 88 valence electrons.